The number of hydrogen-bond donors (Lipinski definition) is 1. The van der Waals surface area contributed by atoms with E-state index in [1.54, 1.807) is 24.0 Å². The first-order valence-corrected chi connectivity index (χ1v) is 11.5. The molecule has 1 saturated carbocycles. The number of carbonyl (C=O) groups is 3. The molecule has 3 unspecified atom stereocenters. The number of pyridine rings is 1. The van der Waals surface area contributed by atoms with Crippen molar-refractivity contribution in [1.29, 1.82) is 0 Å². The van der Waals surface area contributed by atoms with Crippen LogP contribution in [0, 0.1) is 11.8 Å². The van der Waals surface area contributed by atoms with Gasteiger partial charge >= 0.3 is 0 Å². The van der Waals surface area contributed by atoms with Crippen LogP contribution in [-0.4, -0.2) is 45.7 Å². The second-order valence-electron chi connectivity index (χ2n) is 7.71. The van der Waals surface area contributed by atoms with Crippen LogP contribution in [0.1, 0.15) is 32.1 Å². The minimum absolute atomic E-state index is 0.169. The van der Waals surface area contributed by atoms with Gasteiger partial charge in [-0.15, -0.1) is 0 Å². The second kappa shape index (κ2) is 8.53. The Morgan fingerprint density at radius 3 is 2.55 bits per heavy atom. The van der Waals surface area contributed by atoms with E-state index in [0.29, 0.717) is 23.4 Å². The van der Waals surface area contributed by atoms with Crippen LogP contribution in [0.2, 0.25) is 0 Å². The van der Waals surface area contributed by atoms with E-state index < -0.39 is 6.04 Å². The highest BCUT2D eigenvalue weighted by Gasteiger charge is 2.51. The monoisotopic (exact) mass is 411 g/mol. The fraction of sp³-hybridized carbons (Fsp3) is 0.455. The molecule has 2 aliphatic rings. The molecule has 4 rings (SSSR count). The number of thioether (sulfide) groups is 1. The molecular weight excluding hydrogens is 386 g/mol. The molecule has 1 aromatic carbocycles. The van der Waals surface area contributed by atoms with Crippen LogP contribution in [0.5, 0.6) is 0 Å². The molecule has 1 aromatic heterocycles. The van der Waals surface area contributed by atoms with E-state index in [1.165, 1.54) is 4.90 Å². The van der Waals surface area contributed by atoms with Crippen molar-refractivity contribution in [2.45, 2.75) is 38.1 Å². The van der Waals surface area contributed by atoms with Gasteiger partial charge in [0.25, 0.3) is 0 Å². The smallest absolute Gasteiger partial charge is 0.247 e. The van der Waals surface area contributed by atoms with Gasteiger partial charge < -0.3 is 5.32 Å². The molecule has 1 aliphatic heterocycles. The van der Waals surface area contributed by atoms with Crippen LogP contribution in [-0.2, 0) is 14.4 Å². The quantitative estimate of drug-likeness (QED) is 0.737. The van der Waals surface area contributed by atoms with Gasteiger partial charge in [-0.2, -0.15) is 11.8 Å². The van der Waals surface area contributed by atoms with Crippen molar-refractivity contribution < 1.29 is 14.4 Å². The number of nitrogens with zero attached hydrogens (tertiary/aromatic N) is 2. The van der Waals surface area contributed by atoms with Gasteiger partial charge in [0.05, 0.1) is 23.0 Å². The first-order valence-electron chi connectivity index (χ1n) is 10.1. The number of fused-ring (bicyclic) bond motifs is 2. The van der Waals surface area contributed by atoms with E-state index in [2.05, 4.69) is 10.3 Å². The number of imide groups is 1. The summed E-state index contributed by atoms with van der Waals surface area (Å²) in [6, 6.07) is 8.58. The summed E-state index contributed by atoms with van der Waals surface area (Å²) < 4.78 is 0. The number of carbonyl (C=O) groups excluding carboxylic acids is 3. The summed E-state index contributed by atoms with van der Waals surface area (Å²) in [5.41, 5.74) is 1.29. The summed E-state index contributed by atoms with van der Waals surface area (Å²) in [7, 11) is 0. The Balaban J connectivity index is 1.61. The maximum atomic E-state index is 13.3. The number of aromatic nitrogens is 1. The van der Waals surface area contributed by atoms with Gasteiger partial charge in [-0.25, -0.2) is 0 Å². The molecule has 1 saturated heterocycles. The summed E-state index contributed by atoms with van der Waals surface area (Å²) in [4.78, 5) is 45.0. The van der Waals surface area contributed by atoms with Crippen molar-refractivity contribution in [2.24, 2.45) is 11.8 Å². The zero-order chi connectivity index (χ0) is 20.4. The van der Waals surface area contributed by atoms with Gasteiger partial charge in [0.1, 0.15) is 6.04 Å². The molecule has 2 fully saturated rings. The molecule has 1 N–H and O–H groups in total. The third-order valence-corrected chi connectivity index (χ3v) is 6.62. The van der Waals surface area contributed by atoms with Gasteiger partial charge in [0, 0.05) is 11.6 Å². The van der Waals surface area contributed by atoms with E-state index in [9.17, 15) is 14.4 Å². The van der Waals surface area contributed by atoms with Crippen LogP contribution >= 0.6 is 11.8 Å². The van der Waals surface area contributed by atoms with E-state index in [0.717, 1.165) is 31.1 Å². The number of amides is 3. The van der Waals surface area contributed by atoms with Gasteiger partial charge in [-0.3, -0.25) is 24.3 Å². The third-order valence-electron chi connectivity index (χ3n) is 5.98. The summed E-state index contributed by atoms with van der Waals surface area (Å²) in [5.74, 6) is -0.468. The van der Waals surface area contributed by atoms with Gasteiger partial charge in [-0.1, -0.05) is 31.0 Å². The minimum atomic E-state index is -0.785. The zero-order valence-electron chi connectivity index (χ0n) is 16.5. The number of nitrogens with one attached hydrogen (secondary N) is 1. The predicted molar refractivity (Wildman–Crippen MR) is 114 cm³/mol. The Morgan fingerprint density at radius 2 is 1.86 bits per heavy atom. The predicted octanol–water partition coefficient (Wildman–Crippen LogP) is 3.47. The second-order valence-corrected chi connectivity index (χ2v) is 8.70. The van der Waals surface area contributed by atoms with E-state index >= 15 is 0 Å². The number of likely N-dealkylation sites (tertiary alicyclic amines) is 1. The lowest BCUT2D eigenvalue weighted by Gasteiger charge is -2.26. The van der Waals surface area contributed by atoms with Crippen molar-refractivity contribution >= 4 is 46.1 Å². The van der Waals surface area contributed by atoms with E-state index in [4.69, 9.17) is 0 Å². The van der Waals surface area contributed by atoms with Gasteiger partial charge in [0.15, 0.2) is 0 Å². The molecule has 3 atom stereocenters. The lowest BCUT2D eigenvalue weighted by Crippen LogP contribution is -2.48. The molecule has 152 valence electrons. The van der Waals surface area contributed by atoms with Gasteiger partial charge in [0.2, 0.25) is 17.7 Å². The average molecular weight is 412 g/mol. The fourth-order valence-electron chi connectivity index (χ4n) is 4.52. The topological polar surface area (TPSA) is 79.4 Å². The molecule has 0 bridgehead atoms. The Bertz CT molecular complexity index is 919. The highest BCUT2D eigenvalue weighted by molar-refractivity contribution is 7.98. The van der Waals surface area contributed by atoms with Crippen molar-refractivity contribution in [3.8, 4) is 0 Å². The normalized spacial score (nSPS) is 22.6. The SMILES string of the molecule is CSCCC(C(=O)Nc1cccc2cccnc12)N1C(=O)C2CCCCC2C1=O. The molecule has 0 spiro atoms. The molecule has 2 heterocycles. The Kier molecular flexibility index (Phi) is 5.85. The summed E-state index contributed by atoms with van der Waals surface area (Å²) >= 11 is 1.60. The first kappa shape index (κ1) is 19.9. The van der Waals surface area contributed by atoms with E-state index in [1.807, 2.05) is 30.5 Å². The molecule has 7 heteroatoms. The average Bonchev–Trinajstić information content (AvgIpc) is 3.00. The van der Waals surface area contributed by atoms with Gasteiger partial charge in [-0.05, 0) is 43.4 Å². The minimum Gasteiger partial charge on any atom is -0.322 e. The number of hydrogen-bond acceptors (Lipinski definition) is 5. The van der Waals surface area contributed by atoms with E-state index in [-0.39, 0.29) is 29.6 Å². The summed E-state index contributed by atoms with van der Waals surface area (Å²) in [6.45, 7) is 0. The number of benzene rings is 1. The van der Waals surface area contributed by atoms with Crippen LogP contribution in [0.25, 0.3) is 10.9 Å². The highest BCUT2D eigenvalue weighted by atomic mass is 32.2. The Hall–Kier alpha value is -2.41. The molecular formula is C22H25N3O3S. The molecule has 0 radical (unpaired) electrons. The molecule has 29 heavy (non-hydrogen) atoms. The standard InChI is InChI=1S/C22H25N3O3S/c1-29-13-11-18(25-21(27)15-8-2-3-9-16(15)22(25)28)20(26)24-17-10-4-6-14-7-5-12-23-19(14)17/h4-7,10,12,15-16,18H,2-3,8-9,11,13H2,1H3,(H,24,26). The first-order chi connectivity index (χ1) is 14.1. The Morgan fingerprint density at radius 1 is 1.17 bits per heavy atom. The van der Waals surface area contributed by atoms with Crippen LogP contribution in [0.4, 0.5) is 5.69 Å². The van der Waals surface area contributed by atoms with Crippen molar-refractivity contribution in [1.82, 2.24) is 9.88 Å². The van der Waals surface area contributed by atoms with Crippen LogP contribution in [0.3, 0.4) is 0 Å². The maximum absolute atomic E-state index is 13.3. The highest BCUT2D eigenvalue weighted by Crippen LogP contribution is 2.39. The number of rotatable bonds is 6. The molecule has 6 nitrogen and oxygen atoms in total. The third kappa shape index (κ3) is 3.75. The number of para-hydroxylation sites is 1. The van der Waals surface area contributed by atoms with Crippen molar-refractivity contribution in [3.63, 3.8) is 0 Å². The molecule has 1 aliphatic carbocycles. The van der Waals surface area contributed by atoms with Crippen molar-refractivity contribution in [2.75, 3.05) is 17.3 Å². The summed E-state index contributed by atoms with van der Waals surface area (Å²) in [5, 5.41) is 3.86. The van der Waals surface area contributed by atoms with Crippen LogP contribution < -0.4 is 5.32 Å². The molecule has 2 aromatic rings. The number of anilines is 1. The lowest BCUT2D eigenvalue weighted by atomic mass is 9.81. The zero-order valence-corrected chi connectivity index (χ0v) is 17.3. The van der Waals surface area contributed by atoms with Crippen LogP contribution in [0.15, 0.2) is 36.5 Å². The fourth-order valence-corrected chi connectivity index (χ4v) is 4.98. The largest absolute Gasteiger partial charge is 0.322 e. The lowest BCUT2D eigenvalue weighted by molar-refractivity contribution is -0.146. The Labute approximate surface area is 174 Å². The summed E-state index contributed by atoms with van der Waals surface area (Å²) in [6.07, 6.45) is 7.51. The maximum Gasteiger partial charge on any atom is 0.247 e. The molecule has 3 amide bonds. The van der Waals surface area contributed by atoms with Crippen molar-refractivity contribution in [3.05, 3.63) is 36.5 Å².